The highest BCUT2D eigenvalue weighted by Crippen LogP contribution is 2.23. The Morgan fingerprint density at radius 2 is 2.14 bits per heavy atom. The molecular weight excluding hydrogens is 367 g/mol. The van der Waals surface area contributed by atoms with Crippen LogP contribution in [0.2, 0.25) is 0 Å². The van der Waals surface area contributed by atoms with Gasteiger partial charge in [0.25, 0.3) is 5.91 Å². The maximum Gasteiger partial charge on any atom is 0.266 e. The molecule has 0 aliphatic rings. The van der Waals surface area contributed by atoms with Crippen molar-refractivity contribution in [3.8, 4) is 0 Å². The molecule has 0 aliphatic heterocycles. The molecule has 0 N–H and O–H groups in total. The van der Waals surface area contributed by atoms with Crippen LogP contribution in [0.15, 0.2) is 22.7 Å². The monoisotopic (exact) mass is 384 g/mol. The Kier molecular flexibility index (Phi) is 5.69. The molecule has 0 unspecified atom stereocenters. The lowest BCUT2D eigenvalue weighted by atomic mass is 10.2. The van der Waals surface area contributed by atoms with Crippen molar-refractivity contribution >= 4 is 33.2 Å². The van der Waals surface area contributed by atoms with E-state index in [1.165, 1.54) is 17.4 Å². The van der Waals surface area contributed by atoms with Crippen LogP contribution in [0.4, 0.5) is 4.39 Å². The number of amides is 1. The molecule has 3 nitrogen and oxygen atoms in total. The summed E-state index contributed by atoms with van der Waals surface area (Å²) in [6, 6.07) is 4.77. The Hall–Kier alpha value is -1.27. The fourth-order valence-corrected chi connectivity index (χ4v) is 3.52. The number of halogens is 2. The molecule has 0 aliphatic carbocycles. The van der Waals surface area contributed by atoms with Crippen molar-refractivity contribution in [3.05, 3.63) is 49.6 Å². The molecule has 0 spiro atoms. The first-order valence-corrected chi connectivity index (χ1v) is 8.76. The van der Waals surface area contributed by atoms with E-state index >= 15 is 0 Å². The fraction of sp³-hybridized carbons (Fsp3) is 0.375. The van der Waals surface area contributed by atoms with Crippen LogP contribution in [-0.2, 0) is 13.0 Å². The minimum atomic E-state index is -0.301. The molecule has 0 bridgehead atoms. The highest BCUT2D eigenvalue weighted by atomic mass is 79.9. The molecule has 1 amide bonds. The van der Waals surface area contributed by atoms with Gasteiger partial charge >= 0.3 is 0 Å². The van der Waals surface area contributed by atoms with Crippen LogP contribution >= 0.6 is 27.3 Å². The van der Waals surface area contributed by atoms with Gasteiger partial charge in [0, 0.05) is 23.1 Å². The molecule has 0 saturated heterocycles. The number of rotatable bonds is 5. The molecular formula is C16H18BrFN2OS. The van der Waals surface area contributed by atoms with Crippen molar-refractivity contribution < 1.29 is 9.18 Å². The molecule has 2 rings (SSSR count). The van der Waals surface area contributed by atoms with Crippen molar-refractivity contribution in [2.75, 3.05) is 6.54 Å². The molecule has 1 aromatic carbocycles. The van der Waals surface area contributed by atoms with E-state index in [0.29, 0.717) is 17.0 Å². The predicted molar refractivity (Wildman–Crippen MR) is 90.7 cm³/mol. The molecule has 0 atom stereocenters. The van der Waals surface area contributed by atoms with Gasteiger partial charge in [0.2, 0.25) is 0 Å². The molecule has 2 aromatic rings. The Labute approximate surface area is 142 Å². The number of aromatic nitrogens is 1. The van der Waals surface area contributed by atoms with Crippen LogP contribution in [-0.4, -0.2) is 22.3 Å². The van der Waals surface area contributed by atoms with Gasteiger partial charge in [-0.05, 0) is 38.5 Å². The van der Waals surface area contributed by atoms with Gasteiger partial charge in [-0.1, -0.05) is 22.9 Å². The van der Waals surface area contributed by atoms with Gasteiger partial charge in [0.05, 0.1) is 10.7 Å². The fourth-order valence-electron chi connectivity index (χ4n) is 2.14. The summed E-state index contributed by atoms with van der Waals surface area (Å²) >= 11 is 4.76. The van der Waals surface area contributed by atoms with E-state index in [-0.39, 0.29) is 18.3 Å². The predicted octanol–water partition coefficient (Wildman–Crippen LogP) is 4.58. The summed E-state index contributed by atoms with van der Waals surface area (Å²) in [6.45, 7) is 6.52. The topological polar surface area (TPSA) is 33.2 Å². The Morgan fingerprint density at radius 1 is 1.41 bits per heavy atom. The quantitative estimate of drug-likeness (QED) is 0.755. The van der Waals surface area contributed by atoms with Gasteiger partial charge in [-0.25, -0.2) is 9.37 Å². The third kappa shape index (κ3) is 3.73. The normalized spacial score (nSPS) is 10.8. The summed E-state index contributed by atoms with van der Waals surface area (Å²) < 4.78 is 14.7. The second kappa shape index (κ2) is 7.33. The maximum absolute atomic E-state index is 13.9. The first-order chi connectivity index (χ1) is 10.5. The Bertz CT molecular complexity index is 687. The first-order valence-electron chi connectivity index (χ1n) is 7.15. The minimum Gasteiger partial charge on any atom is -0.334 e. The number of hydrogen-bond donors (Lipinski definition) is 0. The number of carbonyl (C=O) groups excluding carboxylic acids is 1. The molecule has 0 fully saturated rings. The van der Waals surface area contributed by atoms with Gasteiger partial charge in [-0.15, -0.1) is 11.3 Å². The molecule has 6 heteroatoms. The first kappa shape index (κ1) is 17.1. The van der Waals surface area contributed by atoms with E-state index in [0.717, 1.165) is 21.6 Å². The Balaban J connectivity index is 2.25. The molecule has 118 valence electrons. The van der Waals surface area contributed by atoms with Crippen molar-refractivity contribution in [1.29, 1.82) is 0 Å². The summed E-state index contributed by atoms with van der Waals surface area (Å²) in [5, 5.41) is 0.950. The van der Waals surface area contributed by atoms with Gasteiger partial charge in [-0.3, -0.25) is 4.79 Å². The number of carbonyl (C=O) groups is 1. The number of aryl methyl sites for hydroxylation is 2. The van der Waals surface area contributed by atoms with Gasteiger partial charge < -0.3 is 4.90 Å². The third-order valence-electron chi connectivity index (χ3n) is 3.38. The van der Waals surface area contributed by atoms with Gasteiger partial charge in [0.15, 0.2) is 0 Å². The SMILES string of the molecule is CCc1nc(C)c(C(=O)N(CC)Cc2cc(Br)ccc2F)s1. The van der Waals surface area contributed by atoms with E-state index in [1.807, 2.05) is 20.8 Å². The zero-order valence-electron chi connectivity index (χ0n) is 12.8. The van der Waals surface area contributed by atoms with Gasteiger partial charge in [-0.2, -0.15) is 0 Å². The van der Waals surface area contributed by atoms with E-state index in [1.54, 1.807) is 17.0 Å². The van der Waals surface area contributed by atoms with E-state index in [4.69, 9.17) is 0 Å². The summed E-state index contributed by atoms with van der Waals surface area (Å²) in [7, 11) is 0. The van der Waals surface area contributed by atoms with Gasteiger partial charge in [0.1, 0.15) is 10.7 Å². The molecule has 1 heterocycles. The van der Waals surface area contributed by atoms with Crippen LogP contribution in [0.25, 0.3) is 0 Å². The smallest absolute Gasteiger partial charge is 0.266 e. The van der Waals surface area contributed by atoms with Crippen molar-refractivity contribution in [2.45, 2.75) is 33.7 Å². The second-order valence-corrected chi connectivity index (χ2v) is 6.93. The summed E-state index contributed by atoms with van der Waals surface area (Å²) in [5.41, 5.74) is 1.25. The zero-order chi connectivity index (χ0) is 16.3. The lowest BCUT2D eigenvalue weighted by molar-refractivity contribution is 0.0755. The molecule has 0 saturated carbocycles. The summed E-state index contributed by atoms with van der Waals surface area (Å²) in [5.74, 6) is -0.388. The Morgan fingerprint density at radius 3 is 2.73 bits per heavy atom. The number of thiazole rings is 1. The van der Waals surface area contributed by atoms with E-state index < -0.39 is 0 Å². The average Bonchev–Trinajstić information content (AvgIpc) is 2.88. The third-order valence-corrected chi connectivity index (χ3v) is 5.16. The van der Waals surface area contributed by atoms with Crippen molar-refractivity contribution in [2.24, 2.45) is 0 Å². The lowest BCUT2D eigenvalue weighted by Gasteiger charge is -2.21. The largest absolute Gasteiger partial charge is 0.334 e. The number of benzene rings is 1. The lowest BCUT2D eigenvalue weighted by Crippen LogP contribution is -2.30. The average molecular weight is 385 g/mol. The van der Waals surface area contributed by atoms with E-state index in [2.05, 4.69) is 20.9 Å². The van der Waals surface area contributed by atoms with E-state index in [9.17, 15) is 9.18 Å². The zero-order valence-corrected chi connectivity index (χ0v) is 15.2. The highest BCUT2D eigenvalue weighted by Gasteiger charge is 2.21. The standard InChI is InChI=1S/C16H18BrFN2OS/c1-4-14-19-10(3)15(22-14)16(21)20(5-2)9-11-8-12(17)6-7-13(11)18/h6-8H,4-5,9H2,1-3H3. The highest BCUT2D eigenvalue weighted by molar-refractivity contribution is 9.10. The molecule has 22 heavy (non-hydrogen) atoms. The van der Waals surface area contributed by atoms with Crippen LogP contribution in [0.5, 0.6) is 0 Å². The number of hydrogen-bond acceptors (Lipinski definition) is 3. The molecule has 0 radical (unpaired) electrons. The van der Waals surface area contributed by atoms with Crippen LogP contribution in [0.3, 0.4) is 0 Å². The molecule has 1 aromatic heterocycles. The minimum absolute atomic E-state index is 0.0865. The van der Waals surface area contributed by atoms with Crippen LogP contribution < -0.4 is 0 Å². The summed E-state index contributed by atoms with van der Waals surface area (Å²) in [6.07, 6.45) is 0.811. The number of nitrogens with zero attached hydrogens (tertiary/aromatic N) is 2. The van der Waals surface area contributed by atoms with Crippen molar-refractivity contribution in [3.63, 3.8) is 0 Å². The second-order valence-electron chi connectivity index (χ2n) is 4.93. The summed E-state index contributed by atoms with van der Waals surface area (Å²) in [4.78, 5) is 19.4. The van der Waals surface area contributed by atoms with Crippen LogP contribution in [0, 0.1) is 12.7 Å². The van der Waals surface area contributed by atoms with Crippen LogP contribution in [0.1, 0.15) is 39.8 Å². The maximum atomic E-state index is 13.9. The van der Waals surface area contributed by atoms with Crippen molar-refractivity contribution in [1.82, 2.24) is 9.88 Å².